The predicted octanol–water partition coefficient (Wildman–Crippen LogP) is 2.23. The predicted molar refractivity (Wildman–Crippen MR) is 86.7 cm³/mol. The van der Waals surface area contributed by atoms with Crippen molar-refractivity contribution in [1.29, 1.82) is 0 Å². The second-order valence-corrected chi connectivity index (χ2v) is 5.09. The fourth-order valence-corrected chi connectivity index (χ4v) is 1.85. The zero-order valence-electron chi connectivity index (χ0n) is 11.7. The molecule has 1 aromatic heterocycles. The van der Waals surface area contributed by atoms with Crippen LogP contribution in [0, 0.1) is 6.92 Å². The van der Waals surface area contributed by atoms with Crippen molar-refractivity contribution < 1.29 is 0 Å². The summed E-state index contributed by atoms with van der Waals surface area (Å²) in [4.78, 5) is 10.9. The Labute approximate surface area is 123 Å². The summed E-state index contributed by atoms with van der Waals surface area (Å²) >= 11 is 4.95. The van der Waals surface area contributed by atoms with Crippen molar-refractivity contribution in [2.75, 3.05) is 24.3 Å². The van der Waals surface area contributed by atoms with Crippen molar-refractivity contribution in [2.24, 2.45) is 5.73 Å². The minimum atomic E-state index is 0.264. The lowest BCUT2D eigenvalue weighted by molar-refractivity contribution is 1.09. The monoisotopic (exact) mass is 287 g/mol. The summed E-state index contributed by atoms with van der Waals surface area (Å²) in [7, 11) is 3.99. The van der Waals surface area contributed by atoms with E-state index in [9.17, 15) is 0 Å². The lowest BCUT2D eigenvalue weighted by Gasteiger charge is -2.14. The second-order valence-electron chi connectivity index (χ2n) is 4.65. The third-order valence-electron chi connectivity index (χ3n) is 2.73. The van der Waals surface area contributed by atoms with Crippen LogP contribution >= 0.6 is 12.2 Å². The quantitative estimate of drug-likeness (QED) is 0.841. The summed E-state index contributed by atoms with van der Waals surface area (Å²) in [6.45, 7) is 1.88. The summed E-state index contributed by atoms with van der Waals surface area (Å²) in [5.74, 6) is 0.490. The first-order chi connectivity index (χ1) is 9.45. The Morgan fingerprint density at radius 3 is 2.65 bits per heavy atom. The SMILES string of the molecule is Cc1cc(C(N)=S)nc(Nc2cccc(N(C)C)c2)n1. The van der Waals surface area contributed by atoms with E-state index in [2.05, 4.69) is 15.3 Å². The molecule has 0 saturated carbocycles. The van der Waals surface area contributed by atoms with E-state index >= 15 is 0 Å². The molecule has 0 unspecified atom stereocenters. The number of nitrogens with zero attached hydrogens (tertiary/aromatic N) is 3. The third kappa shape index (κ3) is 3.42. The Bertz CT molecular complexity index is 639. The highest BCUT2D eigenvalue weighted by molar-refractivity contribution is 7.80. The molecule has 1 aromatic carbocycles. The van der Waals surface area contributed by atoms with Gasteiger partial charge in [-0.05, 0) is 31.2 Å². The van der Waals surface area contributed by atoms with E-state index < -0.39 is 0 Å². The standard InChI is InChI=1S/C14H17N5S/c1-9-7-12(13(15)20)18-14(16-9)17-10-5-4-6-11(8-10)19(2)3/h4-8H,1-3H3,(H2,15,20)(H,16,17,18). The summed E-state index contributed by atoms with van der Waals surface area (Å²) in [5, 5.41) is 3.17. The molecule has 0 bridgehead atoms. The van der Waals surface area contributed by atoms with Crippen LogP contribution in [-0.4, -0.2) is 29.1 Å². The Morgan fingerprint density at radius 2 is 2.00 bits per heavy atom. The van der Waals surface area contributed by atoms with Gasteiger partial charge in [-0.15, -0.1) is 0 Å². The molecule has 0 amide bonds. The molecule has 0 atom stereocenters. The molecule has 0 aliphatic rings. The van der Waals surface area contributed by atoms with Gasteiger partial charge in [0.1, 0.15) is 10.7 Å². The number of benzene rings is 1. The maximum Gasteiger partial charge on any atom is 0.228 e. The van der Waals surface area contributed by atoms with E-state index in [-0.39, 0.29) is 4.99 Å². The van der Waals surface area contributed by atoms with Gasteiger partial charge >= 0.3 is 0 Å². The molecule has 5 nitrogen and oxygen atoms in total. The molecule has 104 valence electrons. The highest BCUT2D eigenvalue weighted by Crippen LogP contribution is 2.20. The van der Waals surface area contributed by atoms with Crippen molar-refractivity contribution in [3.8, 4) is 0 Å². The number of hydrogen-bond acceptors (Lipinski definition) is 5. The summed E-state index contributed by atoms with van der Waals surface area (Å²) in [5.41, 5.74) is 9.01. The van der Waals surface area contributed by atoms with Crippen molar-refractivity contribution >= 4 is 34.5 Å². The number of anilines is 3. The first-order valence-electron chi connectivity index (χ1n) is 6.15. The van der Waals surface area contributed by atoms with Gasteiger partial charge in [0.05, 0.1) is 0 Å². The molecule has 0 saturated heterocycles. The van der Waals surface area contributed by atoms with Gasteiger partial charge in [-0.1, -0.05) is 18.3 Å². The summed E-state index contributed by atoms with van der Waals surface area (Å²) in [6, 6.07) is 9.75. The zero-order valence-corrected chi connectivity index (χ0v) is 12.5. The molecule has 3 N–H and O–H groups in total. The van der Waals surface area contributed by atoms with Gasteiger partial charge in [-0.25, -0.2) is 9.97 Å². The first kappa shape index (κ1) is 14.2. The molecule has 0 radical (unpaired) electrons. The largest absolute Gasteiger partial charge is 0.388 e. The van der Waals surface area contributed by atoms with Gasteiger partial charge in [-0.3, -0.25) is 0 Å². The normalized spacial score (nSPS) is 10.2. The molecular weight excluding hydrogens is 270 g/mol. The van der Waals surface area contributed by atoms with Crippen LogP contribution in [0.4, 0.5) is 17.3 Å². The van der Waals surface area contributed by atoms with E-state index in [0.29, 0.717) is 11.6 Å². The fraction of sp³-hybridized carbons (Fsp3) is 0.214. The van der Waals surface area contributed by atoms with Crippen molar-refractivity contribution in [1.82, 2.24) is 9.97 Å². The van der Waals surface area contributed by atoms with Crippen LogP contribution in [0.2, 0.25) is 0 Å². The van der Waals surface area contributed by atoms with Gasteiger partial charge in [0.15, 0.2) is 0 Å². The summed E-state index contributed by atoms with van der Waals surface area (Å²) in [6.07, 6.45) is 0. The van der Waals surface area contributed by atoms with Gasteiger partial charge in [0.25, 0.3) is 0 Å². The molecule has 0 aliphatic heterocycles. The van der Waals surface area contributed by atoms with Crippen LogP contribution in [-0.2, 0) is 0 Å². The van der Waals surface area contributed by atoms with Crippen LogP contribution in [0.1, 0.15) is 11.4 Å². The van der Waals surface area contributed by atoms with Crippen molar-refractivity contribution in [3.63, 3.8) is 0 Å². The van der Waals surface area contributed by atoms with Crippen LogP contribution in [0.25, 0.3) is 0 Å². The smallest absolute Gasteiger partial charge is 0.228 e. The van der Waals surface area contributed by atoms with Crippen LogP contribution < -0.4 is 16.0 Å². The molecule has 2 rings (SSSR count). The Kier molecular flexibility index (Phi) is 4.14. The summed E-state index contributed by atoms with van der Waals surface area (Å²) < 4.78 is 0. The van der Waals surface area contributed by atoms with Crippen LogP contribution in [0.3, 0.4) is 0 Å². The number of thiocarbonyl (C=S) groups is 1. The van der Waals surface area contributed by atoms with E-state index in [0.717, 1.165) is 17.1 Å². The van der Waals surface area contributed by atoms with Gasteiger partial charge in [-0.2, -0.15) is 0 Å². The van der Waals surface area contributed by atoms with E-state index in [4.69, 9.17) is 18.0 Å². The first-order valence-corrected chi connectivity index (χ1v) is 6.56. The highest BCUT2D eigenvalue weighted by atomic mass is 32.1. The number of rotatable bonds is 4. The molecule has 0 spiro atoms. The van der Waals surface area contributed by atoms with E-state index in [1.54, 1.807) is 6.07 Å². The molecule has 20 heavy (non-hydrogen) atoms. The van der Waals surface area contributed by atoms with Gasteiger partial charge in [0.2, 0.25) is 5.95 Å². The number of aryl methyl sites for hydroxylation is 1. The number of nitrogens with one attached hydrogen (secondary N) is 1. The average Bonchev–Trinajstić information content (AvgIpc) is 2.38. The minimum Gasteiger partial charge on any atom is -0.388 e. The highest BCUT2D eigenvalue weighted by Gasteiger charge is 2.05. The number of aromatic nitrogens is 2. The molecule has 1 heterocycles. The molecule has 2 aromatic rings. The molecule has 0 aliphatic carbocycles. The molecule has 0 fully saturated rings. The van der Waals surface area contributed by atoms with Crippen LogP contribution in [0.15, 0.2) is 30.3 Å². The lowest BCUT2D eigenvalue weighted by atomic mass is 10.2. The third-order valence-corrected chi connectivity index (χ3v) is 2.93. The molecular formula is C14H17N5S. The van der Waals surface area contributed by atoms with Crippen molar-refractivity contribution in [3.05, 3.63) is 41.7 Å². The van der Waals surface area contributed by atoms with E-state index in [1.807, 2.05) is 50.2 Å². The van der Waals surface area contributed by atoms with E-state index in [1.165, 1.54) is 0 Å². The molecule has 6 heteroatoms. The van der Waals surface area contributed by atoms with Gasteiger partial charge in [0, 0.05) is 31.2 Å². The van der Waals surface area contributed by atoms with Crippen LogP contribution in [0.5, 0.6) is 0 Å². The maximum atomic E-state index is 5.62. The van der Waals surface area contributed by atoms with Crippen molar-refractivity contribution in [2.45, 2.75) is 6.92 Å². The average molecular weight is 287 g/mol. The maximum absolute atomic E-state index is 5.62. The van der Waals surface area contributed by atoms with Gasteiger partial charge < -0.3 is 16.0 Å². The topological polar surface area (TPSA) is 67.1 Å². The Hall–Kier alpha value is -2.21. The minimum absolute atomic E-state index is 0.264. The fourth-order valence-electron chi connectivity index (χ4n) is 1.74. The Balaban J connectivity index is 2.30. The number of nitrogens with two attached hydrogens (primary N) is 1. The zero-order chi connectivity index (χ0) is 14.7. The Morgan fingerprint density at radius 1 is 1.25 bits per heavy atom. The second kappa shape index (κ2) is 5.83. The number of hydrogen-bond donors (Lipinski definition) is 2. The lowest BCUT2D eigenvalue weighted by Crippen LogP contribution is -2.14.